The SMILES string of the molecule is c1nnc(SCC2CCCO2)s1. The van der Waals surface area contributed by atoms with Crippen molar-refractivity contribution in [2.45, 2.75) is 23.3 Å². The Morgan fingerprint density at radius 1 is 1.75 bits per heavy atom. The van der Waals surface area contributed by atoms with Gasteiger partial charge in [0.05, 0.1) is 6.10 Å². The molecule has 1 saturated heterocycles. The number of hydrogen-bond donors (Lipinski definition) is 0. The van der Waals surface area contributed by atoms with Crippen LogP contribution in [0.2, 0.25) is 0 Å². The predicted octanol–water partition coefficient (Wildman–Crippen LogP) is 1.81. The molecule has 66 valence electrons. The Morgan fingerprint density at radius 3 is 3.42 bits per heavy atom. The molecule has 0 spiro atoms. The van der Waals surface area contributed by atoms with Crippen LogP contribution in [0.4, 0.5) is 0 Å². The van der Waals surface area contributed by atoms with E-state index in [2.05, 4.69) is 10.2 Å². The molecule has 12 heavy (non-hydrogen) atoms. The minimum atomic E-state index is 0.443. The average molecular weight is 202 g/mol. The van der Waals surface area contributed by atoms with Gasteiger partial charge in [0.1, 0.15) is 5.51 Å². The fraction of sp³-hybridized carbons (Fsp3) is 0.714. The first-order valence-electron chi connectivity index (χ1n) is 3.96. The van der Waals surface area contributed by atoms with Gasteiger partial charge in [0.25, 0.3) is 0 Å². The third-order valence-electron chi connectivity index (χ3n) is 1.76. The molecule has 1 atom stereocenters. The summed E-state index contributed by atoms with van der Waals surface area (Å²) in [5.41, 5.74) is 1.76. The van der Waals surface area contributed by atoms with Gasteiger partial charge in [0.2, 0.25) is 0 Å². The fourth-order valence-corrected chi connectivity index (χ4v) is 2.75. The Labute approximate surface area is 79.5 Å². The number of nitrogens with zero attached hydrogens (tertiary/aromatic N) is 2. The van der Waals surface area contributed by atoms with E-state index in [1.165, 1.54) is 12.8 Å². The molecule has 1 fully saturated rings. The summed E-state index contributed by atoms with van der Waals surface area (Å²) in [5.74, 6) is 1.02. The summed E-state index contributed by atoms with van der Waals surface area (Å²) in [7, 11) is 0. The van der Waals surface area contributed by atoms with Crippen molar-refractivity contribution in [1.82, 2.24) is 10.2 Å². The molecule has 2 heterocycles. The predicted molar refractivity (Wildman–Crippen MR) is 49.6 cm³/mol. The van der Waals surface area contributed by atoms with E-state index in [9.17, 15) is 0 Å². The zero-order valence-corrected chi connectivity index (χ0v) is 8.24. The monoisotopic (exact) mass is 202 g/mol. The Bertz CT molecular complexity index is 221. The van der Waals surface area contributed by atoms with Crippen LogP contribution >= 0.6 is 23.1 Å². The second kappa shape index (κ2) is 4.20. The summed E-state index contributed by atoms with van der Waals surface area (Å²) >= 11 is 3.34. The molecular weight excluding hydrogens is 192 g/mol. The Kier molecular flexibility index (Phi) is 2.97. The standard InChI is InChI=1S/C7H10N2OS2/c1-2-6(10-3-1)4-11-7-9-8-5-12-7/h5-6H,1-4H2. The second-order valence-corrected chi connectivity index (χ2v) is 4.75. The summed E-state index contributed by atoms with van der Waals surface area (Å²) in [5, 5.41) is 7.73. The van der Waals surface area contributed by atoms with Crippen molar-refractivity contribution in [3.05, 3.63) is 5.51 Å². The molecule has 0 amide bonds. The van der Waals surface area contributed by atoms with Crippen LogP contribution in [0.25, 0.3) is 0 Å². The fourth-order valence-electron chi connectivity index (χ4n) is 1.17. The maximum absolute atomic E-state index is 5.49. The Hall–Kier alpha value is -0.130. The molecule has 1 aliphatic heterocycles. The van der Waals surface area contributed by atoms with Crippen molar-refractivity contribution in [3.63, 3.8) is 0 Å². The molecule has 1 unspecified atom stereocenters. The highest BCUT2D eigenvalue weighted by Crippen LogP contribution is 2.24. The van der Waals surface area contributed by atoms with Gasteiger partial charge in [0.15, 0.2) is 4.34 Å². The molecule has 3 nitrogen and oxygen atoms in total. The van der Waals surface area contributed by atoms with Gasteiger partial charge in [-0.2, -0.15) is 0 Å². The number of thioether (sulfide) groups is 1. The Morgan fingerprint density at radius 2 is 2.75 bits per heavy atom. The molecule has 2 rings (SSSR count). The summed E-state index contributed by atoms with van der Waals surface area (Å²) < 4.78 is 6.53. The molecule has 0 bridgehead atoms. The number of rotatable bonds is 3. The van der Waals surface area contributed by atoms with Crippen molar-refractivity contribution in [1.29, 1.82) is 0 Å². The van der Waals surface area contributed by atoms with Crippen LogP contribution in [0.15, 0.2) is 9.85 Å². The minimum Gasteiger partial charge on any atom is -0.377 e. The highest BCUT2D eigenvalue weighted by atomic mass is 32.2. The first kappa shape index (κ1) is 8.47. The summed E-state index contributed by atoms with van der Waals surface area (Å²) in [6.07, 6.45) is 2.85. The molecule has 1 aromatic heterocycles. The molecule has 0 aromatic carbocycles. The molecule has 1 aliphatic rings. The number of hydrogen-bond acceptors (Lipinski definition) is 5. The lowest BCUT2D eigenvalue weighted by atomic mass is 10.3. The van der Waals surface area contributed by atoms with Crippen LogP contribution in [0.1, 0.15) is 12.8 Å². The lowest BCUT2D eigenvalue weighted by Gasteiger charge is -2.05. The van der Waals surface area contributed by atoms with E-state index in [4.69, 9.17) is 4.74 Å². The van der Waals surface area contributed by atoms with E-state index in [-0.39, 0.29) is 0 Å². The van der Waals surface area contributed by atoms with Crippen LogP contribution in [0, 0.1) is 0 Å². The van der Waals surface area contributed by atoms with Gasteiger partial charge in [-0.25, -0.2) is 0 Å². The third-order valence-corrected chi connectivity index (χ3v) is 3.75. The summed E-state index contributed by atoms with van der Waals surface area (Å²) in [6.45, 7) is 0.932. The summed E-state index contributed by atoms with van der Waals surface area (Å²) in [6, 6.07) is 0. The van der Waals surface area contributed by atoms with Crippen molar-refractivity contribution in [2.75, 3.05) is 12.4 Å². The van der Waals surface area contributed by atoms with Crippen LogP contribution < -0.4 is 0 Å². The molecule has 0 N–H and O–H groups in total. The van der Waals surface area contributed by atoms with Crippen molar-refractivity contribution < 1.29 is 4.74 Å². The normalized spacial score (nSPS) is 23.2. The first-order chi connectivity index (χ1) is 5.95. The molecular formula is C7H10N2OS2. The third kappa shape index (κ3) is 2.18. The topological polar surface area (TPSA) is 35.0 Å². The minimum absolute atomic E-state index is 0.443. The summed E-state index contributed by atoms with van der Waals surface area (Å²) in [4.78, 5) is 0. The molecule has 0 saturated carbocycles. The van der Waals surface area contributed by atoms with Crippen molar-refractivity contribution in [2.24, 2.45) is 0 Å². The maximum atomic E-state index is 5.49. The number of ether oxygens (including phenoxy) is 1. The molecule has 0 radical (unpaired) electrons. The first-order valence-corrected chi connectivity index (χ1v) is 5.82. The van der Waals surface area contributed by atoms with Gasteiger partial charge in [0, 0.05) is 12.4 Å². The van der Waals surface area contributed by atoms with Gasteiger partial charge in [-0.3, -0.25) is 0 Å². The van der Waals surface area contributed by atoms with E-state index in [1.807, 2.05) is 0 Å². The zero-order chi connectivity index (χ0) is 8.23. The highest BCUT2D eigenvalue weighted by Gasteiger charge is 2.15. The second-order valence-electron chi connectivity index (χ2n) is 2.65. The van der Waals surface area contributed by atoms with E-state index in [1.54, 1.807) is 28.6 Å². The number of aromatic nitrogens is 2. The highest BCUT2D eigenvalue weighted by molar-refractivity contribution is 8.01. The lowest BCUT2D eigenvalue weighted by Crippen LogP contribution is -2.07. The van der Waals surface area contributed by atoms with E-state index >= 15 is 0 Å². The van der Waals surface area contributed by atoms with Gasteiger partial charge in [-0.05, 0) is 12.8 Å². The van der Waals surface area contributed by atoms with Crippen LogP contribution in [0.3, 0.4) is 0 Å². The van der Waals surface area contributed by atoms with E-state index < -0.39 is 0 Å². The van der Waals surface area contributed by atoms with Gasteiger partial charge >= 0.3 is 0 Å². The largest absolute Gasteiger partial charge is 0.377 e. The molecule has 1 aromatic rings. The lowest BCUT2D eigenvalue weighted by molar-refractivity contribution is 0.129. The van der Waals surface area contributed by atoms with Crippen LogP contribution in [-0.2, 0) is 4.74 Å². The van der Waals surface area contributed by atoms with E-state index in [0.717, 1.165) is 16.7 Å². The van der Waals surface area contributed by atoms with Crippen molar-refractivity contribution >= 4 is 23.1 Å². The smallest absolute Gasteiger partial charge is 0.174 e. The van der Waals surface area contributed by atoms with E-state index in [0.29, 0.717) is 6.10 Å². The molecule has 0 aliphatic carbocycles. The maximum Gasteiger partial charge on any atom is 0.174 e. The van der Waals surface area contributed by atoms with Gasteiger partial charge in [-0.15, -0.1) is 10.2 Å². The van der Waals surface area contributed by atoms with Crippen LogP contribution in [0.5, 0.6) is 0 Å². The Balaban J connectivity index is 1.74. The zero-order valence-electron chi connectivity index (χ0n) is 6.60. The van der Waals surface area contributed by atoms with Gasteiger partial charge in [-0.1, -0.05) is 23.1 Å². The van der Waals surface area contributed by atoms with Crippen molar-refractivity contribution in [3.8, 4) is 0 Å². The average Bonchev–Trinajstić information content (AvgIpc) is 2.74. The quantitative estimate of drug-likeness (QED) is 0.700. The van der Waals surface area contributed by atoms with Gasteiger partial charge < -0.3 is 4.74 Å². The molecule has 5 heteroatoms. The van der Waals surface area contributed by atoms with Crippen LogP contribution in [-0.4, -0.2) is 28.7 Å².